The van der Waals surface area contributed by atoms with Crippen molar-refractivity contribution in [2.75, 3.05) is 0 Å². The van der Waals surface area contributed by atoms with Gasteiger partial charge in [0, 0.05) is 11.3 Å². The topological polar surface area (TPSA) is 9.23 Å². The summed E-state index contributed by atoms with van der Waals surface area (Å²) in [5.74, 6) is 0. The molecule has 0 saturated carbocycles. The highest BCUT2D eigenvalue weighted by molar-refractivity contribution is 8.04. The van der Waals surface area contributed by atoms with Crippen molar-refractivity contribution in [1.82, 2.24) is 0 Å². The first-order chi connectivity index (χ1) is 9.73. The van der Waals surface area contributed by atoms with Crippen molar-refractivity contribution in [3.8, 4) is 0 Å². The molecule has 0 aliphatic heterocycles. The zero-order chi connectivity index (χ0) is 15.7. The van der Waals surface area contributed by atoms with Crippen molar-refractivity contribution in [3.05, 3.63) is 46.4 Å². The van der Waals surface area contributed by atoms with Gasteiger partial charge in [0.25, 0.3) is 0 Å². The molecule has 0 amide bonds. The Labute approximate surface area is 134 Å². The van der Waals surface area contributed by atoms with Crippen LogP contribution in [0.1, 0.15) is 54.4 Å². The molecule has 1 unspecified atom stereocenters. The lowest BCUT2D eigenvalue weighted by molar-refractivity contribution is -0.00249. The normalized spacial score (nSPS) is 26.0. The third-order valence-electron chi connectivity index (χ3n) is 3.73. The molecule has 0 aromatic carbocycles. The van der Waals surface area contributed by atoms with Crippen LogP contribution in [0.2, 0.25) is 0 Å². The molecule has 21 heavy (non-hydrogen) atoms. The highest BCUT2D eigenvalue weighted by Crippen LogP contribution is 2.52. The largest absolute Gasteiger partial charge is 0.357 e. The predicted octanol–water partition coefficient (Wildman–Crippen LogP) is 6.01. The van der Waals surface area contributed by atoms with Crippen LogP contribution in [0, 0.1) is 5.41 Å². The summed E-state index contributed by atoms with van der Waals surface area (Å²) in [6, 6.07) is 0. The first kappa shape index (κ1) is 16.6. The van der Waals surface area contributed by atoms with Gasteiger partial charge in [-0.15, -0.1) is 0 Å². The van der Waals surface area contributed by atoms with Crippen LogP contribution in [-0.4, -0.2) is 11.0 Å². The Morgan fingerprint density at radius 1 is 1.24 bits per heavy atom. The van der Waals surface area contributed by atoms with Crippen molar-refractivity contribution in [2.45, 2.75) is 65.4 Å². The molecule has 0 spiro atoms. The van der Waals surface area contributed by atoms with Crippen molar-refractivity contribution in [2.24, 2.45) is 5.41 Å². The fourth-order valence-electron chi connectivity index (χ4n) is 2.91. The van der Waals surface area contributed by atoms with Gasteiger partial charge in [-0.1, -0.05) is 68.5 Å². The first-order valence-corrected chi connectivity index (χ1v) is 8.67. The van der Waals surface area contributed by atoms with Crippen LogP contribution in [0.3, 0.4) is 0 Å². The fraction of sp³-hybridized carbons (Fsp3) is 0.579. The average molecular weight is 304 g/mol. The van der Waals surface area contributed by atoms with E-state index in [0.717, 1.165) is 12.8 Å². The molecule has 0 radical (unpaired) electrons. The number of rotatable bonds is 4. The Morgan fingerprint density at radius 2 is 1.95 bits per heavy atom. The summed E-state index contributed by atoms with van der Waals surface area (Å²) in [5, 5.41) is 0. The highest BCUT2D eigenvalue weighted by atomic mass is 32.2. The lowest BCUT2D eigenvalue weighted by atomic mass is 9.78. The molecule has 0 aromatic rings. The van der Waals surface area contributed by atoms with Crippen LogP contribution in [0.25, 0.3) is 0 Å². The van der Waals surface area contributed by atoms with Crippen molar-refractivity contribution in [1.29, 1.82) is 0 Å². The van der Waals surface area contributed by atoms with Gasteiger partial charge in [-0.3, -0.25) is 0 Å². The molecule has 0 N–H and O–H groups in total. The van der Waals surface area contributed by atoms with Crippen molar-refractivity contribution >= 4 is 11.8 Å². The van der Waals surface area contributed by atoms with Crippen LogP contribution in [0.5, 0.6) is 0 Å². The van der Waals surface area contributed by atoms with Gasteiger partial charge in [0.2, 0.25) is 0 Å². The predicted molar refractivity (Wildman–Crippen MR) is 94.3 cm³/mol. The number of thioether (sulfide) groups is 1. The minimum absolute atomic E-state index is 0.0975. The monoisotopic (exact) mass is 304 g/mol. The molecular formula is C19H28OS. The Balaban J connectivity index is 2.42. The Bertz CT molecular complexity index is 514. The second-order valence-electron chi connectivity index (χ2n) is 7.23. The van der Waals surface area contributed by atoms with E-state index in [0.29, 0.717) is 0 Å². The van der Waals surface area contributed by atoms with Crippen LogP contribution >= 0.6 is 11.8 Å². The van der Waals surface area contributed by atoms with Gasteiger partial charge in [0.1, 0.15) is 4.93 Å². The van der Waals surface area contributed by atoms with E-state index >= 15 is 0 Å². The molecule has 0 aromatic heterocycles. The quantitative estimate of drug-likeness (QED) is 0.588. The molecule has 1 atom stereocenters. The van der Waals surface area contributed by atoms with E-state index in [9.17, 15) is 0 Å². The molecular weight excluding hydrogens is 276 g/mol. The maximum absolute atomic E-state index is 6.50. The van der Waals surface area contributed by atoms with Gasteiger partial charge >= 0.3 is 0 Å². The third kappa shape index (κ3) is 3.92. The maximum atomic E-state index is 6.50. The molecule has 1 nitrogen and oxygen atoms in total. The summed E-state index contributed by atoms with van der Waals surface area (Å²) in [7, 11) is 0. The second kappa shape index (κ2) is 6.18. The molecule has 2 heteroatoms. The van der Waals surface area contributed by atoms with Gasteiger partial charge in [-0.05, 0) is 38.2 Å². The minimum Gasteiger partial charge on any atom is -0.357 e. The second-order valence-corrected chi connectivity index (χ2v) is 8.56. The van der Waals surface area contributed by atoms with Crippen molar-refractivity contribution in [3.63, 3.8) is 0 Å². The molecule has 116 valence electrons. The first-order valence-electron chi connectivity index (χ1n) is 7.86. The minimum atomic E-state index is -0.271. The SMILES string of the molecule is CC1=CCC(OC(C)C)(SC2=CCC=C2)C(C(C)(C)C)=C1. The van der Waals surface area contributed by atoms with Crippen LogP contribution < -0.4 is 0 Å². The Hall–Kier alpha value is -0.730. The van der Waals surface area contributed by atoms with E-state index in [1.807, 2.05) is 11.8 Å². The molecule has 2 aliphatic carbocycles. The molecule has 0 fully saturated rings. The number of allylic oxidation sites excluding steroid dienone is 5. The van der Waals surface area contributed by atoms with E-state index in [1.165, 1.54) is 16.1 Å². The van der Waals surface area contributed by atoms with E-state index in [4.69, 9.17) is 4.74 Å². The zero-order valence-corrected chi connectivity index (χ0v) is 15.0. The lowest BCUT2D eigenvalue weighted by Crippen LogP contribution is -2.40. The molecule has 0 bridgehead atoms. The summed E-state index contributed by atoms with van der Waals surface area (Å²) in [6.07, 6.45) is 13.6. The Kier molecular flexibility index (Phi) is 4.89. The summed E-state index contributed by atoms with van der Waals surface area (Å²) < 4.78 is 6.50. The smallest absolute Gasteiger partial charge is 0.144 e. The molecule has 2 rings (SSSR count). The Morgan fingerprint density at radius 3 is 2.48 bits per heavy atom. The van der Waals surface area contributed by atoms with Crippen LogP contribution in [0.4, 0.5) is 0 Å². The maximum Gasteiger partial charge on any atom is 0.144 e. The van der Waals surface area contributed by atoms with Gasteiger partial charge in [-0.25, -0.2) is 0 Å². The van der Waals surface area contributed by atoms with Gasteiger partial charge in [-0.2, -0.15) is 0 Å². The van der Waals surface area contributed by atoms with E-state index in [-0.39, 0.29) is 16.5 Å². The van der Waals surface area contributed by atoms with E-state index in [2.05, 4.69) is 71.9 Å². The number of hydrogen-bond donors (Lipinski definition) is 0. The van der Waals surface area contributed by atoms with Crippen LogP contribution in [0.15, 0.2) is 46.4 Å². The zero-order valence-electron chi connectivity index (χ0n) is 14.2. The van der Waals surface area contributed by atoms with E-state index in [1.54, 1.807) is 0 Å². The summed E-state index contributed by atoms with van der Waals surface area (Å²) in [4.78, 5) is 1.06. The fourth-order valence-corrected chi connectivity index (χ4v) is 4.51. The third-order valence-corrected chi connectivity index (χ3v) is 5.08. The summed E-state index contributed by atoms with van der Waals surface area (Å²) in [6.45, 7) is 13.3. The van der Waals surface area contributed by atoms with Crippen LogP contribution in [-0.2, 0) is 4.74 Å². The number of hydrogen-bond acceptors (Lipinski definition) is 2. The van der Waals surface area contributed by atoms with E-state index < -0.39 is 0 Å². The molecule has 0 heterocycles. The van der Waals surface area contributed by atoms with Crippen molar-refractivity contribution < 1.29 is 4.74 Å². The van der Waals surface area contributed by atoms with Gasteiger partial charge in [0.15, 0.2) is 0 Å². The molecule has 2 aliphatic rings. The summed E-state index contributed by atoms with van der Waals surface area (Å²) >= 11 is 1.88. The highest BCUT2D eigenvalue weighted by Gasteiger charge is 2.43. The van der Waals surface area contributed by atoms with Gasteiger partial charge in [0.05, 0.1) is 6.10 Å². The summed E-state index contributed by atoms with van der Waals surface area (Å²) in [5.41, 5.74) is 2.84. The number of ether oxygens (including phenoxy) is 1. The standard InChI is InChI=1S/C19H28OS/c1-14(2)20-19(21-16-9-7-8-10-16)12-11-15(3)13-17(19)18(4,5)6/h7,9-11,13-14H,8,12H2,1-6H3. The van der Waals surface area contributed by atoms with Gasteiger partial charge < -0.3 is 4.74 Å². The molecule has 0 saturated heterocycles. The lowest BCUT2D eigenvalue weighted by Gasteiger charge is -2.44. The average Bonchev–Trinajstić information content (AvgIpc) is 2.83.